The normalized spacial score (nSPS) is 18.3. The highest BCUT2D eigenvalue weighted by Gasteiger charge is 2.28. The van der Waals surface area contributed by atoms with E-state index in [1.165, 1.54) is 33.1 Å². The van der Waals surface area contributed by atoms with Crippen LogP contribution >= 0.6 is 0 Å². The zero-order valence-electron chi connectivity index (χ0n) is 22.1. The molecule has 4 aromatic rings. The van der Waals surface area contributed by atoms with Crippen molar-refractivity contribution in [1.29, 1.82) is 0 Å². The van der Waals surface area contributed by atoms with Gasteiger partial charge in [-0.15, -0.1) is 0 Å². The van der Waals surface area contributed by atoms with Crippen molar-refractivity contribution >= 4 is 10.9 Å². The minimum absolute atomic E-state index is 0.161. The summed E-state index contributed by atoms with van der Waals surface area (Å²) in [7, 11) is -0.161. The van der Waals surface area contributed by atoms with Gasteiger partial charge in [0.05, 0.1) is 30.2 Å². The Balaban J connectivity index is 1.07. The second-order valence-electron chi connectivity index (χ2n) is 9.72. The Hall–Kier alpha value is -3.05. The van der Waals surface area contributed by atoms with E-state index in [9.17, 15) is 0 Å². The molecule has 0 bridgehead atoms. The molecule has 38 heavy (non-hydrogen) atoms. The van der Waals surface area contributed by atoms with E-state index in [1.54, 1.807) is 0 Å². The number of hydrogen-bond acceptors (Lipinski definition) is 3. The third kappa shape index (κ3) is 7.28. The Labute approximate surface area is 230 Å². The molecule has 0 saturated heterocycles. The van der Waals surface area contributed by atoms with E-state index < -0.39 is 0 Å². The lowest BCUT2D eigenvalue weighted by atomic mass is 9.83. The van der Waals surface area contributed by atoms with Crippen molar-refractivity contribution in [3.05, 3.63) is 121 Å². The van der Waals surface area contributed by atoms with Gasteiger partial charge in [0.15, 0.2) is 21.0 Å². The first kappa shape index (κ1) is 26.6. The van der Waals surface area contributed by atoms with Crippen LogP contribution in [0.2, 0.25) is 0 Å². The molecule has 1 aliphatic carbocycles. The summed E-state index contributed by atoms with van der Waals surface area (Å²) in [5, 5.41) is 0. The molecule has 0 radical (unpaired) electrons. The van der Waals surface area contributed by atoms with Crippen molar-refractivity contribution in [3.63, 3.8) is 0 Å². The molecule has 1 unspecified atom stereocenters. The standard InChI is InChI=1S/C34H37O3S/c1-27(35-25-26-36-30-19-17-29(18-20-30)28-11-5-2-6-12-28)37-31-21-23-34(24-22-31)38(32-13-7-3-8-14-32)33-15-9-4-10-16-33/h2-16,21-24,27,29-30H,17-20,25-26H2,1H3/q+1. The van der Waals surface area contributed by atoms with Gasteiger partial charge in [-0.3, -0.25) is 0 Å². The highest BCUT2D eigenvalue weighted by molar-refractivity contribution is 7.97. The molecule has 0 amide bonds. The van der Waals surface area contributed by atoms with Crippen LogP contribution in [0.5, 0.6) is 5.75 Å². The lowest BCUT2D eigenvalue weighted by molar-refractivity contribution is -0.0944. The zero-order valence-corrected chi connectivity index (χ0v) is 22.9. The van der Waals surface area contributed by atoms with Gasteiger partial charge >= 0.3 is 0 Å². The van der Waals surface area contributed by atoms with Crippen LogP contribution in [0.15, 0.2) is 130 Å². The Bertz CT molecular complexity index is 1170. The molecular weight excluding hydrogens is 488 g/mol. The quantitative estimate of drug-likeness (QED) is 0.112. The van der Waals surface area contributed by atoms with Crippen LogP contribution in [0.4, 0.5) is 0 Å². The van der Waals surface area contributed by atoms with Crippen molar-refractivity contribution in [1.82, 2.24) is 0 Å². The molecule has 0 aromatic heterocycles. The summed E-state index contributed by atoms with van der Waals surface area (Å²) in [5.41, 5.74) is 1.46. The molecule has 196 valence electrons. The minimum Gasteiger partial charge on any atom is -0.465 e. The van der Waals surface area contributed by atoms with Gasteiger partial charge in [-0.1, -0.05) is 66.7 Å². The van der Waals surface area contributed by atoms with Gasteiger partial charge in [0.25, 0.3) is 0 Å². The lowest BCUT2D eigenvalue weighted by Gasteiger charge is -2.29. The molecule has 1 fully saturated rings. The highest BCUT2D eigenvalue weighted by Crippen LogP contribution is 2.34. The highest BCUT2D eigenvalue weighted by atomic mass is 32.2. The molecule has 0 heterocycles. The Kier molecular flexibility index (Phi) is 9.54. The maximum absolute atomic E-state index is 6.11. The number of benzene rings is 4. The van der Waals surface area contributed by atoms with Crippen molar-refractivity contribution in [2.24, 2.45) is 0 Å². The molecule has 3 nitrogen and oxygen atoms in total. The summed E-state index contributed by atoms with van der Waals surface area (Å²) in [5.74, 6) is 1.48. The molecule has 0 spiro atoms. The van der Waals surface area contributed by atoms with Crippen LogP contribution in [0.25, 0.3) is 0 Å². The summed E-state index contributed by atoms with van der Waals surface area (Å²) >= 11 is 0. The Morgan fingerprint density at radius 2 is 1.16 bits per heavy atom. The Morgan fingerprint density at radius 3 is 1.74 bits per heavy atom. The van der Waals surface area contributed by atoms with Gasteiger partial charge in [0, 0.05) is 0 Å². The van der Waals surface area contributed by atoms with Gasteiger partial charge in [-0.2, -0.15) is 0 Å². The van der Waals surface area contributed by atoms with Crippen LogP contribution in [0.1, 0.15) is 44.1 Å². The average Bonchev–Trinajstić information content (AvgIpc) is 2.98. The second-order valence-corrected chi connectivity index (χ2v) is 11.7. The fourth-order valence-corrected chi connectivity index (χ4v) is 7.20. The van der Waals surface area contributed by atoms with Gasteiger partial charge < -0.3 is 14.2 Å². The number of rotatable bonds is 11. The molecule has 1 aliphatic rings. The largest absolute Gasteiger partial charge is 0.465 e. The topological polar surface area (TPSA) is 27.7 Å². The fraction of sp³-hybridized carbons (Fsp3) is 0.294. The van der Waals surface area contributed by atoms with Crippen molar-refractivity contribution < 1.29 is 14.2 Å². The molecule has 1 saturated carbocycles. The minimum atomic E-state index is -0.334. The van der Waals surface area contributed by atoms with E-state index in [0.29, 0.717) is 25.2 Å². The van der Waals surface area contributed by atoms with E-state index in [0.717, 1.165) is 18.6 Å². The van der Waals surface area contributed by atoms with Crippen LogP contribution in [0, 0.1) is 0 Å². The van der Waals surface area contributed by atoms with Crippen LogP contribution in [-0.4, -0.2) is 25.6 Å². The first-order valence-corrected chi connectivity index (χ1v) is 14.9. The van der Waals surface area contributed by atoms with Gasteiger partial charge in [-0.05, 0) is 92.6 Å². The molecule has 1 atom stereocenters. The van der Waals surface area contributed by atoms with E-state index >= 15 is 0 Å². The number of hydrogen-bond donors (Lipinski definition) is 0. The maximum Gasteiger partial charge on any atom is 0.197 e. The van der Waals surface area contributed by atoms with Crippen LogP contribution < -0.4 is 4.74 Å². The lowest BCUT2D eigenvalue weighted by Crippen LogP contribution is -2.24. The first-order chi connectivity index (χ1) is 18.8. The molecular formula is C34H37O3S+. The van der Waals surface area contributed by atoms with E-state index in [2.05, 4.69) is 103 Å². The summed E-state index contributed by atoms with van der Waals surface area (Å²) < 4.78 is 18.1. The van der Waals surface area contributed by atoms with Gasteiger partial charge in [0.2, 0.25) is 0 Å². The average molecular weight is 526 g/mol. The van der Waals surface area contributed by atoms with Crippen molar-refractivity contribution in [3.8, 4) is 5.75 Å². The van der Waals surface area contributed by atoms with E-state index in [4.69, 9.17) is 14.2 Å². The fourth-order valence-electron chi connectivity index (χ4n) is 5.12. The summed E-state index contributed by atoms with van der Waals surface area (Å²) in [6.45, 7) is 3.07. The summed E-state index contributed by atoms with van der Waals surface area (Å²) in [4.78, 5) is 3.87. The van der Waals surface area contributed by atoms with E-state index in [1.807, 2.05) is 19.1 Å². The zero-order chi connectivity index (χ0) is 26.0. The predicted molar refractivity (Wildman–Crippen MR) is 155 cm³/mol. The first-order valence-electron chi connectivity index (χ1n) is 13.7. The predicted octanol–water partition coefficient (Wildman–Crippen LogP) is 8.27. The van der Waals surface area contributed by atoms with E-state index in [-0.39, 0.29) is 17.2 Å². The molecule has 0 aliphatic heterocycles. The third-order valence-electron chi connectivity index (χ3n) is 7.05. The van der Waals surface area contributed by atoms with Crippen molar-refractivity contribution in [2.75, 3.05) is 13.2 Å². The monoisotopic (exact) mass is 525 g/mol. The van der Waals surface area contributed by atoms with Crippen LogP contribution in [0.3, 0.4) is 0 Å². The number of ether oxygens (including phenoxy) is 3. The maximum atomic E-state index is 6.11. The van der Waals surface area contributed by atoms with Crippen molar-refractivity contribution in [2.45, 2.75) is 65.6 Å². The van der Waals surface area contributed by atoms with Crippen LogP contribution in [-0.2, 0) is 20.4 Å². The SMILES string of the molecule is CC(OCCOC1CCC(c2ccccc2)CC1)Oc1ccc([S+](c2ccccc2)c2ccccc2)cc1. The summed E-state index contributed by atoms with van der Waals surface area (Å²) in [6.07, 6.45) is 4.63. The second kappa shape index (κ2) is 13.7. The molecule has 0 N–H and O–H groups in total. The molecule has 5 rings (SSSR count). The van der Waals surface area contributed by atoms with Gasteiger partial charge in [0.1, 0.15) is 5.75 Å². The third-order valence-corrected chi connectivity index (χ3v) is 9.28. The summed E-state index contributed by atoms with van der Waals surface area (Å²) in [6, 6.07) is 40.6. The smallest absolute Gasteiger partial charge is 0.197 e. The Morgan fingerprint density at radius 1 is 0.632 bits per heavy atom. The van der Waals surface area contributed by atoms with Gasteiger partial charge in [-0.25, -0.2) is 0 Å². The molecule has 4 heteroatoms. The molecule has 4 aromatic carbocycles.